The second kappa shape index (κ2) is 9.83. The molecular weight excluding hydrogens is 469 g/mol. The lowest BCUT2D eigenvalue weighted by Gasteiger charge is -2.26. The van der Waals surface area contributed by atoms with Gasteiger partial charge in [0.1, 0.15) is 11.9 Å². The highest BCUT2D eigenvalue weighted by Gasteiger charge is 2.24. The summed E-state index contributed by atoms with van der Waals surface area (Å²) in [7, 11) is 1.40. The Morgan fingerprint density at radius 1 is 0.971 bits per heavy atom. The molecule has 0 spiro atoms. The van der Waals surface area contributed by atoms with Gasteiger partial charge in [0.2, 0.25) is 0 Å². The van der Waals surface area contributed by atoms with Crippen LogP contribution in [0.2, 0.25) is 10.0 Å². The van der Waals surface area contributed by atoms with Crippen LogP contribution in [0.4, 0.5) is 0 Å². The minimum Gasteiger partial charge on any atom is -0.489 e. The van der Waals surface area contributed by atoms with E-state index in [1.807, 2.05) is 42.5 Å². The molecule has 5 rings (SSSR count). The topological polar surface area (TPSA) is 47.6 Å². The maximum Gasteiger partial charge on any atom is 0.337 e. The third-order valence-electron chi connectivity index (χ3n) is 6.46. The van der Waals surface area contributed by atoms with Crippen LogP contribution in [0.5, 0.6) is 5.75 Å². The molecule has 1 N–H and O–H groups in total. The molecule has 1 heterocycles. The number of nitrogens with one attached hydrogen (secondary N) is 1. The average molecular weight is 494 g/mol. The third-order valence-corrected chi connectivity index (χ3v) is 7.01. The first kappa shape index (κ1) is 23.0. The van der Waals surface area contributed by atoms with Crippen molar-refractivity contribution in [2.75, 3.05) is 20.2 Å². The number of aryl methyl sites for hydroxylation is 1. The molecule has 1 atom stereocenters. The molecule has 0 bridgehead atoms. The van der Waals surface area contributed by atoms with Gasteiger partial charge >= 0.3 is 5.97 Å². The number of hydrogen-bond donors (Lipinski definition) is 1. The van der Waals surface area contributed by atoms with Gasteiger partial charge < -0.3 is 14.8 Å². The van der Waals surface area contributed by atoms with Crippen LogP contribution < -0.4 is 10.1 Å². The first-order chi connectivity index (χ1) is 16.5. The Balaban J connectivity index is 1.60. The fourth-order valence-electron chi connectivity index (χ4n) is 4.79. The minimum atomic E-state index is -0.331. The second-order valence-electron chi connectivity index (χ2n) is 8.60. The molecule has 3 aromatic carbocycles. The SMILES string of the molecule is COC(=O)c1ccc2c(c1)CCC(c1ccc(Cl)cc1Cl)=C2c1ccc(O[C@H]2CCNC2)cc1. The lowest BCUT2D eigenvalue weighted by atomic mass is 9.79. The van der Waals surface area contributed by atoms with E-state index in [9.17, 15) is 4.79 Å². The Morgan fingerprint density at radius 3 is 2.47 bits per heavy atom. The zero-order chi connectivity index (χ0) is 23.7. The molecule has 4 nitrogen and oxygen atoms in total. The molecule has 1 aliphatic carbocycles. The molecular formula is C28H25Cl2NO3. The normalized spacial score (nSPS) is 17.4. The van der Waals surface area contributed by atoms with Crippen LogP contribution >= 0.6 is 23.2 Å². The summed E-state index contributed by atoms with van der Waals surface area (Å²) in [6.07, 6.45) is 2.82. The van der Waals surface area contributed by atoms with Crippen molar-refractivity contribution in [3.8, 4) is 5.75 Å². The predicted octanol–water partition coefficient (Wildman–Crippen LogP) is 6.43. The number of ether oxygens (including phenoxy) is 2. The summed E-state index contributed by atoms with van der Waals surface area (Å²) in [6.45, 7) is 1.87. The molecule has 34 heavy (non-hydrogen) atoms. The Kier molecular flexibility index (Phi) is 6.64. The quantitative estimate of drug-likeness (QED) is 0.416. The summed E-state index contributed by atoms with van der Waals surface area (Å²) >= 11 is 12.8. The summed E-state index contributed by atoms with van der Waals surface area (Å²) in [6, 6.07) is 19.7. The fraction of sp³-hybridized carbons (Fsp3) is 0.250. The van der Waals surface area contributed by atoms with Gasteiger partial charge in [0.15, 0.2) is 0 Å². The summed E-state index contributed by atoms with van der Waals surface area (Å²) in [5.41, 5.74) is 7.08. The van der Waals surface area contributed by atoms with Gasteiger partial charge in [-0.15, -0.1) is 0 Å². The van der Waals surface area contributed by atoms with Gasteiger partial charge in [-0.05, 0) is 95.6 Å². The number of methoxy groups -OCH3 is 1. The van der Waals surface area contributed by atoms with Crippen molar-refractivity contribution in [3.05, 3.63) is 98.5 Å². The number of esters is 1. The molecule has 3 aromatic rings. The third kappa shape index (κ3) is 4.58. The van der Waals surface area contributed by atoms with Crippen molar-refractivity contribution >= 4 is 40.3 Å². The van der Waals surface area contributed by atoms with Crippen molar-refractivity contribution in [2.24, 2.45) is 0 Å². The highest BCUT2D eigenvalue weighted by molar-refractivity contribution is 6.36. The van der Waals surface area contributed by atoms with Gasteiger partial charge in [0.05, 0.1) is 12.7 Å². The van der Waals surface area contributed by atoms with Crippen LogP contribution in [0.25, 0.3) is 11.1 Å². The number of carbonyl (C=O) groups excluding carboxylic acids is 1. The van der Waals surface area contributed by atoms with Crippen LogP contribution in [0, 0.1) is 0 Å². The molecule has 174 valence electrons. The molecule has 0 unspecified atom stereocenters. The summed E-state index contributed by atoms with van der Waals surface area (Å²) in [5, 5.41) is 4.57. The van der Waals surface area contributed by atoms with Crippen LogP contribution in [0.15, 0.2) is 60.7 Å². The maximum absolute atomic E-state index is 12.1. The van der Waals surface area contributed by atoms with Crippen molar-refractivity contribution in [1.82, 2.24) is 5.32 Å². The lowest BCUT2D eigenvalue weighted by Crippen LogP contribution is -2.19. The fourth-order valence-corrected chi connectivity index (χ4v) is 5.31. The van der Waals surface area contributed by atoms with Crippen molar-refractivity contribution in [3.63, 3.8) is 0 Å². The Hall–Kier alpha value is -2.79. The van der Waals surface area contributed by atoms with E-state index < -0.39 is 0 Å². The number of carbonyl (C=O) groups is 1. The average Bonchev–Trinajstić information content (AvgIpc) is 3.36. The van der Waals surface area contributed by atoms with Gasteiger partial charge in [-0.2, -0.15) is 0 Å². The standard InChI is InChI=1S/C28H25Cl2NO3/c1-33-28(32)19-5-9-23-18(14-19)4-10-25(24-11-6-20(29)15-26(24)30)27(23)17-2-7-21(8-3-17)34-22-12-13-31-16-22/h2-3,5-9,11,14-15,22,31H,4,10,12-13,16H2,1H3/t22-/m0/s1. The van der Waals surface area contributed by atoms with E-state index in [1.54, 1.807) is 6.07 Å². The Morgan fingerprint density at radius 2 is 1.76 bits per heavy atom. The molecule has 0 radical (unpaired) electrons. The first-order valence-corrected chi connectivity index (χ1v) is 12.2. The molecule has 1 saturated heterocycles. The zero-order valence-corrected chi connectivity index (χ0v) is 20.4. The number of rotatable bonds is 5. The summed E-state index contributed by atoms with van der Waals surface area (Å²) < 4.78 is 11.0. The summed E-state index contributed by atoms with van der Waals surface area (Å²) in [4.78, 5) is 12.1. The monoisotopic (exact) mass is 493 g/mol. The molecule has 0 aromatic heterocycles. The smallest absolute Gasteiger partial charge is 0.337 e. The van der Waals surface area contributed by atoms with Gasteiger partial charge in [-0.3, -0.25) is 0 Å². The van der Waals surface area contributed by atoms with Gasteiger partial charge in [-0.25, -0.2) is 4.79 Å². The van der Waals surface area contributed by atoms with Crippen molar-refractivity contribution in [2.45, 2.75) is 25.4 Å². The highest BCUT2D eigenvalue weighted by atomic mass is 35.5. The van der Waals surface area contributed by atoms with E-state index in [-0.39, 0.29) is 12.1 Å². The predicted molar refractivity (Wildman–Crippen MR) is 137 cm³/mol. The van der Waals surface area contributed by atoms with Crippen molar-refractivity contribution in [1.29, 1.82) is 0 Å². The molecule has 0 saturated carbocycles. The van der Waals surface area contributed by atoms with E-state index in [0.29, 0.717) is 15.6 Å². The summed E-state index contributed by atoms with van der Waals surface area (Å²) in [5.74, 6) is 0.531. The molecule has 1 aliphatic heterocycles. The second-order valence-corrected chi connectivity index (χ2v) is 9.44. The Bertz CT molecular complexity index is 1260. The van der Waals surface area contributed by atoms with Crippen LogP contribution in [0.1, 0.15) is 45.5 Å². The van der Waals surface area contributed by atoms with Gasteiger partial charge in [0.25, 0.3) is 0 Å². The minimum absolute atomic E-state index is 0.209. The van der Waals surface area contributed by atoms with E-state index >= 15 is 0 Å². The largest absolute Gasteiger partial charge is 0.489 e. The molecule has 2 aliphatic rings. The first-order valence-electron chi connectivity index (χ1n) is 11.4. The van der Waals surface area contributed by atoms with E-state index in [4.69, 9.17) is 32.7 Å². The highest BCUT2D eigenvalue weighted by Crippen LogP contribution is 2.43. The molecule has 1 fully saturated rings. The van der Waals surface area contributed by atoms with Gasteiger partial charge in [0, 0.05) is 16.6 Å². The lowest BCUT2D eigenvalue weighted by molar-refractivity contribution is 0.0600. The number of fused-ring (bicyclic) bond motifs is 1. The van der Waals surface area contributed by atoms with Crippen LogP contribution in [-0.4, -0.2) is 32.3 Å². The van der Waals surface area contributed by atoms with Crippen LogP contribution in [-0.2, 0) is 11.2 Å². The maximum atomic E-state index is 12.1. The van der Waals surface area contributed by atoms with E-state index in [0.717, 1.165) is 71.5 Å². The zero-order valence-electron chi connectivity index (χ0n) is 18.9. The number of halogens is 2. The number of allylic oxidation sites excluding steroid dienone is 1. The van der Waals surface area contributed by atoms with Gasteiger partial charge in [-0.1, -0.05) is 47.5 Å². The molecule has 6 heteroatoms. The number of benzene rings is 3. The molecule has 0 amide bonds. The van der Waals surface area contributed by atoms with E-state index in [2.05, 4.69) is 17.4 Å². The van der Waals surface area contributed by atoms with Crippen molar-refractivity contribution < 1.29 is 14.3 Å². The Labute approximate surface area is 209 Å². The van der Waals surface area contributed by atoms with Crippen LogP contribution in [0.3, 0.4) is 0 Å². The number of hydrogen-bond acceptors (Lipinski definition) is 4. The van der Waals surface area contributed by atoms with E-state index in [1.165, 1.54) is 7.11 Å².